The summed E-state index contributed by atoms with van der Waals surface area (Å²) in [7, 11) is 0. The van der Waals surface area contributed by atoms with Crippen molar-refractivity contribution in [3.63, 3.8) is 0 Å². The van der Waals surface area contributed by atoms with E-state index in [0.717, 1.165) is 36.5 Å². The van der Waals surface area contributed by atoms with Crippen molar-refractivity contribution in [3.8, 4) is 0 Å². The highest BCUT2D eigenvalue weighted by Crippen LogP contribution is 2.19. The first-order valence-electron chi connectivity index (χ1n) is 8.68. The van der Waals surface area contributed by atoms with Crippen molar-refractivity contribution >= 4 is 17.3 Å². The standard InChI is InChI=1S/C20H21N5O/c21-15-7-4-8-16(11-15)22-20-23-18-9-10-25(13-17(18)19(26)24-20)12-14-5-2-1-3-6-14/h1-8,11H,9-10,12-13,21H2,(H2,22,23,24,26). The van der Waals surface area contributed by atoms with Crippen LogP contribution < -0.4 is 16.6 Å². The van der Waals surface area contributed by atoms with E-state index in [-0.39, 0.29) is 5.56 Å². The number of nitrogens with one attached hydrogen (secondary N) is 2. The molecule has 0 bridgehead atoms. The molecule has 0 amide bonds. The SMILES string of the molecule is Nc1cccc(Nc2nc3c(c(=O)[nH]2)CN(Cc2ccccc2)CC3)c1. The molecule has 4 N–H and O–H groups in total. The van der Waals surface area contributed by atoms with Gasteiger partial charge in [0.1, 0.15) is 0 Å². The number of nitrogens with zero attached hydrogens (tertiary/aromatic N) is 2. The second-order valence-electron chi connectivity index (χ2n) is 6.54. The number of hydrogen-bond acceptors (Lipinski definition) is 5. The van der Waals surface area contributed by atoms with Gasteiger partial charge in [0.15, 0.2) is 0 Å². The van der Waals surface area contributed by atoms with Gasteiger partial charge in [0.05, 0.1) is 11.3 Å². The van der Waals surface area contributed by atoms with Gasteiger partial charge in [-0.25, -0.2) is 4.98 Å². The van der Waals surface area contributed by atoms with Crippen molar-refractivity contribution in [2.75, 3.05) is 17.6 Å². The van der Waals surface area contributed by atoms with Gasteiger partial charge in [-0.1, -0.05) is 36.4 Å². The van der Waals surface area contributed by atoms with Crippen LogP contribution in [0.4, 0.5) is 17.3 Å². The van der Waals surface area contributed by atoms with Gasteiger partial charge in [0.25, 0.3) is 5.56 Å². The molecule has 0 saturated carbocycles. The van der Waals surface area contributed by atoms with E-state index in [1.54, 1.807) is 6.07 Å². The number of nitrogens with two attached hydrogens (primary N) is 1. The number of rotatable bonds is 4. The molecule has 6 heteroatoms. The number of aromatic nitrogens is 2. The quantitative estimate of drug-likeness (QED) is 0.632. The van der Waals surface area contributed by atoms with E-state index in [4.69, 9.17) is 5.73 Å². The van der Waals surface area contributed by atoms with Gasteiger partial charge in [0.2, 0.25) is 5.95 Å². The molecule has 0 saturated heterocycles. The average molecular weight is 347 g/mol. The molecule has 2 aromatic carbocycles. The minimum Gasteiger partial charge on any atom is -0.399 e. The topological polar surface area (TPSA) is 87.0 Å². The van der Waals surface area contributed by atoms with Crippen LogP contribution in [-0.2, 0) is 19.5 Å². The first kappa shape index (κ1) is 16.4. The molecule has 1 aliphatic heterocycles. The zero-order valence-electron chi connectivity index (χ0n) is 14.4. The monoisotopic (exact) mass is 347 g/mol. The van der Waals surface area contributed by atoms with Gasteiger partial charge in [-0.15, -0.1) is 0 Å². The van der Waals surface area contributed by atoms with Crippen LogP contribution >= 0.6 is 0 Å². The second kappa shape index (κ2) is 7.01. The third-order valence-electron chi connectivity index (χ3n) is 4.55. The second-order valence-corrected chi connectivity index (χ2v) is 6.54. The summed E-state index contributed by atoms with van der Waals surface area (Å²) in [6.45, 7) is 2.34. The van der Waals surface area contributed by atoms with E-state index < -0.39 is 0 Å². The maximum atomic E-state index is 12.6. The largest absolute Gasteiger partial charge is 0.399 e. The van der Waals surface area contributed by atoms with Crippen LogP contribution in [0.25, 0.3) is 0 Å². The number of H-pyrrole nitrogens is 1. The number of nitrogen functional groups attached to an aromatic ring is 1. The molecular formula is C20H21N5O. The highest BCUT2D eigenvalue weighted by molar-refractivity contribution is 5.59. The highest BCUT2D eigenvalue weighted by atomic mass is 16.1. The molecule has 0 radical (unpaired) electrons. The Kier molecular flexibility index (Phi) is 4.41. The summed E-state index contributed by atoms with van der Waals surface area (Å²) in [5.41, 5.74) is 10.0. The van der Waals surface area contributed by atoms with Crippen LogP contribution in [-0.4, -0.2) is 21.4 Å². The molecule has 26 heavy (non-hydrogen) atoms. The van der Waals surface area contributed by atoms with E-state index >= 15 is 0 Å². The number of benzene rings is 2. The van der Waals surface area contributed by atoms with Gasteiger partial charge in [-0.3, -0.25) is 14.7 Å². The maximum absolute atomic E-state index is 12.6. The minimum atomic E-state index is -0.0841. The molecule has 6 nitrogen and oxygen atoms in total. The van der Waals surface area contributed by atoms with E-state index in [9.17, 15) is 4.79 Å². The predicted octanol–water partition coefficient (Wildman–Crippen LogP) is 2.65. The van der Waals surface area contributed by atoms with Gasteiger partial charge in [0, 0.05) is 37.4 Å². The first-order valence-corrected chi connectivity index (χ1v) is 8.68. The number of fused-ring (bicyclic) bond motifs is 1. The molecule has 132 valence electrons. The molecule has 0 aliphatic carbocycles. The molecule has 0 unspecified atom stereocenters. The normalized spacial score (nSPS) is 14.0. The third kappa shape index (κ3) is 3.60. The zero-order chi connectivity index (χ0) is 17.9. The molecule has 1 aromatic heterocycles. The van der Waals surface area contributed by atoms with E-state index in [0.29, 0.717) is 18.2 Å². The van der Waals surface area contributed by atoms with Crippen molar-refractivity contribution in [3.05, 3.63) is 81.8 Å². The lowest BCUT2D eigenvalue weighted by atomic mass is 10.1. The Morgan fingerprint density at radius 3 is 2.81 bits per heavy atom. The smallest absolute Gasteiger partial charge is 0.257 e. The molecule has 0 spiro atoms. The third-order valence-corrected chi connectivity index (χ3v) is 4.55. The Morgan fingerprint density at radius 2 is 2.00 bits per heavy atom. The zero-order valence-corrected chi connectivity index (χ0v) is 14.4. The van der Waals surface area contributed by atoms with Crippen LogP contribution in [0.15, 0.2) is 59.4 Å². The van der Waals surface area contributed by atoms with Gasteiger partial charge >= 0.3 is 0 Å². The predicted molar refractivity (Wildman–Crippen MR) is 103 cm³/mol. The molecule has 4 rings (SSSR count). The summed E-state index contributed by atoms with van der Waals surface area (Å²) in [5.74, 6) is 0.454. The lowest BCUT2D eigenvalue weighted by Gasteiger charge is -2.27. The molecule has 3 aromatic rings. The molecule has 0 fully saturated rings. The first-order chi connectivity index (χ1) is 12.7. The van der Waals surface area contributed by atoms with Crippen LogP contribution in [0.2, 0.25) is 0 Å². The van der Waals surface area contributed by atoms with E-state index in [2.05, 4.69) is 32.3 Å². The molecule has 2 heterocycles. The lowest BCUT2D eigenvalue weighted by Crippen LogP contribution is -2.35. The van der Waals surface area contributed by atoms with E-state index in [1.165, 1.54) is 5.56 Å². The van der Waals surface area contributed by atoms with Crippen molar-refractivity contribution in [2.45, 2.75) is 19.5 Å². The maximum Gasteiger partial charge on any atom is 0.257 e. The summed E-state index contributed by atoms with van der Waals surface area (Å²) >= 11 is 0. The van der Waals surface area contributed by atoms with Crippen LogP contribution in [0.3, 0.4) is 0 Å². The summed E-state index contributed by atoms with van der Waals surface area (Å²) in [4.78, 5) is 22.3. The van der Waals surface area contributed by atoms with Crippen LogP contribution in [0.5, 0.6) is 0 Å². The fraction of sp³-hybridized carbons (Fsp3) is 0.200. The Hall–Kier alpha value is -3.12. The van der Waals surface area contributed by atoms with Crippen molar-refractivity contribution in [2.24, 2.45) is 0 Å². The van der Waals surface area contributed by atoms with Gasteiger partial charge < -0.3 is 11.1 Å². The summed E-state index contributed by atoms with van der Waals surface area (Å²) in [5, 5.41) is 3.13. The van der Waals surface area contributed by atoms with Gasteiger partial charge in [-0.2, -0.15) is 0 Å². The highest BCUT2D eigenvalue weighted by Gasteiger charge is 2.21. The fourth-order valence-electron chi connectivity index (χ4n) is 3.27. The van der Waals surface area contributed by atoms with Crippen LogP contribution in [0.1, 0.15) is 16.8 Å². The summed E-state index contributed by atoms with van der Waals surface area (Å²) < 4.78 is 0. The van der Waals surface area contributed by atoms with Gasteiger partial charge in [-0.05, 0) is 23.8 Å². The lowest BCUT2D eigenvalue weighted by molar-refractivity contribution is 0.242. The minimum absolute atomic E-state index is 0.0841. The Labute approximate surface area is 151 Å². The average Bonchev–Trinajstić information content (AvgIpc) is 2.63. The van der Waals surface area contributed by atoms with Crippen LogP contribution in [0, 0.1) is 0 Å². The number of aromatic amines is 1. The summed E-state index contributed by atoms with van der Waals surface area (Å²) in [6.07, 6.45) is 0.762. The summed E-state index contributed by atoms with van der Waals surface area (Å²) in [6, 6.07) is 17.7. The van der Waals surface area contributed by atoms with Crippen molar-refractivity contribution < 1.29 is 0 Å². The van der Waals surface area contributed by atoms with E-state index in [1.807, 2.05) is 36.4 Å². The number of hydrogen-bond donors (Lipinski definition) is 3. The Morgan fingerprint density at radius 1 is 1.15 bits per heavy atom. The molecule has 0 atom stereocenters. The number of anilines is 3. The fourth-order valence-corrected chi connectivity index (χ4v) is 3.27. The molecule has 1 aliphatic rings. The molecular weight excluding hydrogens is 326 g/mol. The Balaban J connectivity index is 1.52. The Bertz CT molecular complexity index is 967. The van der Waals surface area contributed by atoms with Crippen molar-refractivity contribution in [1.29, 1.82) is 0 Å². The van der Waals surface area contributed by atoms with Crippen molar-refractivity contribution in [1.82, 2.24) is 14.9 Å².